The molecule has 7 heteroatoms. The third-order valence-electron chi connectivity index (χ3n) is 4.05. The van der Waals surface area contributed by atoms with Gasteiger partial charge in [-0.05, 0) is 49.9 Å². The molecule has 26 heavy (non-hydrogen) atoms. The number of rotatable bonds is 6. The van der Waals surface area contributed by atoms with Crippen LogP contribution in [-0.2, 0) is 6.54 Å². The van der Waals surface area contributed by atoms with Gasteiger partial charge in [0.25, 0.3) is 5.91 Å². The predicted octanol–water partition coefficient (Wildman–Crippen LogP) is 3.44. The minimum absolute atomic E-state index is 0.0302. The smallest absolute Gasteiger partial charge is 0.255 e. The van der Waals surface area contributed by atoms with Crippen LogP contribution in [0.1, 0.15) is 29.8 Å². The Balaban J connectivity index is 1.80. The monoisotopic (exact) mass is 367 g/mol. The largest absolute Gasteiger partial charge is 0.332 e. The van der Waals surface area contributed by atoms with Gasteiger partial charge in [-0.1, -0.05) is 12.1 Å². The summed E-state index contributed by atoms with van der Waals surface area (Å²) in [5, 5.41) is 7.53. The van der Waals surface area contributed by atoms with E-state index >= 15 is 0 Å². The molecule has 0 saturated carbocycles. The van der Waals surface area contributed by atoms with Crippen LogP contribution in [0.15, 0.2) is 60.1 Å². The van der Waals surface area contributed by atoms with Crippen LogP contribution in [0.5, 0.6) is 0 Å². The van der Waals surface area contributed by atoms with Crippen LogP contribution < -0.4 is 0 Å². The summed E-state index contributed by atoms with van der Waals surface area (Å²) < 4.78 is 1.70. The van der Waals surface area contributed by atoms with Gasteiger partial charge >= 0.3 is 0 Å². The van der Waals surface area contributed by atoms with E-state index in [4.69, 9.17) is 0 Å². The predicted molar refractivity (Wildman–Crippen MR) is 102 cm³/mol. The number of benzene rings is 1. The number of pyridine rings is 1. The molecule has 0 unspecified atom stereocenters. The van der Waals surface area contributed by atoms with Gasteiger partial charge in [-0.15, -0.1) is 22.0 Å². The molecule has 0 aliphatic heterocycles. The second kappa shape index (κ2) is 8.14. The van der Waals surface area contributed by atoms with E-state index in [0.717, 1.165) is 5.56 Å². The molecular weight excluding hydrogens is 346 g/mol. The van der Waals surface area contributed by atoms with Crippen LogP contribution in [0.4, 0.5) is 0 Å². The molecule has 134 valence electrons. The van der Waals surface area contributed by atoms with Gasteiger partial charge in [0.2, 0.25) is 0 Å². The maximum absolute atomic E-state index is 13.0. The van der Waals surface area contributed by atoms with E-state index in [1.54, 1.807) is 47.3 Å². The van der Waals surface area contributed by atoms with Gasteiger partial charge in [0.05, 0.1) is 5.56 Å². The van der Waals surface area contributed by atoms with E-state index in [1.807, 2.05) is 31.1 Å². The molecule has 0 fully saturated rings. The number of aromatic nitrogens is 4. The number of carbonyl (C=O) groups excluding carboxylic acids is 1. The number of hydrogen-bond donors (Lipinski definition) is 0. The molecule has 0 bridgehead atoms. The summed E-state index contributed by atoms with van der Waals surface area (Å²) in [6, 6.07) is 11.9. The lowest BCUT2D eigenvalue weighted by Crippen LogP contribution is -2.36. The zero-order chi connectivity index (χ0) is 18.5. The van der Waals surface area contributed by atoms with E-state index in [0.29, 0.717) is 17.9 Å². The van der Waals surface area contributed by atoms with E-state index in [1.165, 1.54) is 4.90 Å². The van der Waals surface area contributed by atoms with Crippen molar-refractivity contribution in [3.05, 3.63) is 66.4 Å². The van der Waals surface area contributed by atoms with Gasteiger partial charge in [0, 0.05) is 23.7 Å². The molecular formula is C19H21N5OS. The zero-order valence-electron chi connectivity index (χ0n) is 15.0. The topological polar surface area (TPSA) is 63.9 Å². The highest BCUT2D eigenvalue weighted by atomic mass is 32.2. The Bertz CT molecular complexity index is 862. The maximum Gasteiger partial charge on any atom is 0.255 e. The molecule has 3 aromatic rings. The van der Waals surface area contributed by atoms with Crippen molar-refractivity contribution in [2.24, 2.45) is 0 Å². The highest BCUT2D eigenvalue weighted by Gasteiger charge is 2.19. The number of carbonyl (C=O) groups is 1. The molecule has 2 heterocycles. The van der Waals surface area contributed by atoms with Crippen LogP contribution in [0.3, 0.4) is 0 Å². The molecule has 1 amide bonds. The quantitative estimate of drug-likeness (QED) is 0.625. The lowest BCUT2D eigenvalue weighted by atomic mass is 10.1. The fourth-order valence-electron chi connectivity index (χ4n) is 2.61. The molecule has 0 aliphatic rings. The normalized spacial score (nSPS) is 10.9. The van der Waals surface area contributed by atoms with Crippen LogP contribution >= 0.6 is 11.8 Å². The average Bonchev–Trinajstić information content (AvgIpc) is 3.20. The summed E-state index contributed by atoms with van der Waals surface area (Å²) in [6.45, 7) is 4.61. The fraction of sp³-hybridized carbons (Fsp3) is 0.263. The lowest BCUT2D eigenvalue weighted by molar-refractivity contribution is 0.0690. The SMILES string of the molecule is CSc1cccc(CN(C(=O)c2ccc(-n3cnnc3)nc2)C(C)C)c1. The zero-order valence-corrected chi connectivity index (χ0v) is 15.8. The summed E-state index contributed by atoms with van der Waals surface area (Å²) in [4.78, 5) is 20.4. The molecule has 2 aromatic heterocycles. The molecule has 1 aromatic carbocycles. The van der Waals surface area contributed by atoms with Crippen molar-refractivity contribution in [2.45, 2.75) is 31.3 Å². The van der Waals surface area contributed by atoms with Crippen molar-refractivity contribution in [2.75, 3.05) is 6.26 Å². The first kappa shape index (κ1) is 18.1. The fourth-order valence-corrected chi connectivity index (χ4v) is 3.09. The molecule has 0 N–H and O–H groups in total. The number of thioether (sulfide) groups is 1. The van der Waals surface area contributed by atoms with Crippen molar-refractivity contribution >= 4 is 17.7 Å². The van der Waals surface area contributed by atoms with Gasteiger partial charge in [0.1, 0.15) is 18.5 Å². The van der Waals surface area contributed by atoms with Crippen molar-refractivity contribution in [1.82, 2.24) is 24.6 Å². The molecule has 0 spiro atoms. The molecule has 3 rings (SSSR count). The Morgan fingerprint density at radius 3 is 2.58 bits per heavy atom. The number of hydrogen-bond acceptors (Lipinski definition) is 5. The van der Waals surface area contributed by atoms with Gasteiger partial charge in [0.15, 0.2) is 0 Å². The van der Waals surface area contributed by atoms with Gasteiger partial charge in [-0.2, -0.15) is 0 Å². The Morgan fingerprint density at radius 2 is 1.96 bits per heavy atom. The van der Waals surface area contributed by atoms with Crippen LogP contribution in [0.25, 0.3) is 5.82 Å². The first-order valence-electron chi connectivity index (χ1n) is 8.33. The Hall–Kier alpha value is -2.67. The summed E-state index contributed by atoms with van der Waals surface area (Å²) in [6.07, 6.45) is 6.80. The molecule has 0 saturated heterocycles. The minimum Gasteiger partial charge on any atom is -0.332 e. The van der Waals surface area contributed by atoms with E-state index in [-0.39, 0.29) is 11.9 Å². The van der Waals surface area contributed by atoms with Crippen molar-refractivity contribution < 1.29 is 4.79 Å². The summed E-state index contributed by atoms with van der Waals surface area (Å²) >= 11 is 1.70. The molecule has 6 nitrogen and oxygen atoms in total. The minimum atomic E-state index is -0.0302. The van der Waals surface area contributed by atoms with Crippen LogP contribution in [0, 0.1) is 0 Å². The third-order valence-corrected chi connectivity index (χ3v) is 4.77. The number of amides is 1. The van der Waals surface area contributed by atoms with Crippen LogP contribution in [-0.4, -0.2) is 42.9 Å². The molecule has 0 atom stereocenters. The first-order valence-corrected chi connectivity index (χ1v) is 9.56. The van der Waals surface area contributed by atoms with E-state index in [9.17, 15) is 4.79 Å². The second-order valence-electron chi connectivity index (χ2n) is 6.15. The maximum atomic E-state index is 13.0. The standard InChI is InChI=1S/C19H21N5OS/c1-14(2)24(11-15-5-4-6-17(9-15)26-3)19(25)16-7-8-18(20-10-16)23-12-21-22-13-23/h4-10,12-14H,11H2,1-3H3. The Kier molecular flexibility index (Phi) is 5.68. The first-order chi connectivity index (χ1) is 12.6. The average molecular weight is 367 g/mol. The third kappa shape index (κ3) is 4.11. The van der Waals surface area contributed by atoms with Gasteiger partial charge in [-0.25, -0.2) is 4.98 Å². The van der Waals surface area contributed by atoms with Gasteiger partial charge in [-0.3, -0.25) is 9.36 Å². The highest BCUT2D eigenvalue weighted by molar-refractivity contribution is 7.98. The van der Waals surface area contributed by atoms with Crippen molar-refractivity contribution in [3.63, 3.8) is 0 Å². The lowest BCUT2D eigenvalue weighted by Gasteiger charge is -2.27. The summed E-state index contributed by atoms with van der Waals surface area (Å²) in [7, 11) is 0. The highest BCUT2D eigenvalue weighted by Crippen LogP contribution is 2.19. The van der Waals surface area contributed by atoms with Gasteiger partial charge < -0.3 is 4.90 Å². The second-order valence-corrected chi connectivity index (χ2v) is 7.03. The summed E-state index contributed by atoms with van der Waals surface area (Å²) in [5.74, 6) is 0.646. The summed E-state index contributed by atoms with van der Waals surface area (Å²) in [5.41, 5.74) is 1.68. The van der Waals surface area contributed by atoms with E-state index < -0.39 is 0 Å². The Labute approximate surface area is 157 Å². The van der Waals surface area contributed by atoms with E-state index in [2.05, 4.69) is 33.4 Å². The van der Waals surface area contributed by atoms with Crippen molar-refractivity contribution in [1.29, 1.82) is 0 Å². The molecule has 0 radical (unpaired) electrons. The Morgan fingerprint density at radius 1 is 1.19 bits per heavy atom. The number of nitrogens with zero attached hydrogens (tertiary/aromatic N) is 5. The van der Waals surface area contributed by atoms with Crippen molar-refractivity contribution in [3.8, 4) is 5.82 Å². The molecule has 0 aliphatic carbocycles. The van der Waals surface area contributed by atoms with Crippen LogP contribution in [0.2, 0.25) is 0 Å².